The number of likely N-dealkylation sites (tertiary alicyclic amines) is 1. The molecule has 0 saturated carbocycles. The van der Waals surface area contributed by atoms with Crippen LogP contribution in [0.4, 0.5) is 16.2 Å². The molecule has 1 saturated heterocycles. The molecule has 0 radical (unpaired) electrons. The number of hydrogen-bond donors (Lipinski definition) is 1. The highest BCUT2D eigenvalue weighted by Gasteiger charge is 2.27. The Kier molecular flexibility index (Phi) is 9.56. The van der Waals surface area contributed by atoms with Crippen LogP contribution in [0.1, 0.15) is 84.3 Å². The summed E-state index contributed by atoms with van der Waals surface area (Å²) in [6.07, 6.45) is 5.91. The molecule has 1 N–H and O–H groups in total. The minimum atomic E-state index is -0.552. The Hall–Kier alpha value is -2.08. The lowest BCUT2D eigenvalue weighted by atomic mass is 10.0. The van der Waals surface area contributed by atoms with Crippen LogP contribution in [0, 0.1) is 13.8 Å². The summed E-state index contributed by atoms with van der Waals surface area (Å²) < 4.78 is 5.65. The van der Waals surface area contributed by atoms with Crippen LogP contribution in [0.3, 0.4) is 0 Å². The average Bonchev–Trinajstić information content (AvgIpc) is 2.71. The Morgan fingerprint density at radius 2 is 1.69 bits per heavy atom. The van der Waals surface area contributed by atoms with Crippen molar-refractivity contribution in [2.24, 2.45) is 0 Å². The number of carbonyl (C=O) groups excluding carboxylic acids is 2. The van der Waals surface area contributed by atoms with E-state index in [1.165, 1.54) is 6.42 Å². The standard InChI is InChI=1S/C26H43N3O3/c1-8-10-16-29(25(31)32-26(5,6)7)21-17-19(3)23(20(4)18-21)27-24(30)22(9-2)28-14-12-11-13-15-28/h17-18,22H,8-16H2,1-7H3,(H,27,30). The molecule has 1 atom stereocenters. The van der Waals surface area contributed by atoms with Crippen LogP contribution in [0.2, 0.25) is 0 Å². The van der Waals surface area contributed by atoms with Crippen molar-refractivity contribution in [2.45, 2.75) is 98.6 Å². The van der Waals surface area contributed by atoms with Crippen molar-refractivity contribution in [1.82, 2.24) is 4.90 Å². The highest BCUT2D eigenvalue weighted by molar-refractivity contribution is 5.97. The Morgan fingerprint density at radius 3 is 2.19 bits per heavy atom. The summed E-state index contributed by atoms with van der Waals surface area (Å²) in [5, 5.41) is 3.19. The van der Waals surface area contributed by atoms with Crippen molar-refractivity contribution < 1.29 is 14.3 Å². The van der Waals surface area contributed by atoms with Crippen LogP contribution >= 0.6 is 0 Å². The summed E-state index contributed by atoms with van der Waals surface area (Å²) in [6, 6.07) is 3.85. The van der Waals surface area contributed by atoms with Gasteiger partial charge in [-0.15, -0.1) is 0 Å². The quantitative estimate of drug-likeness (QED) is 0.529. The molecule has 0 bridgehead atoms. The molecule has 180 valence electrons. The number of anilines is 2. The van der Waals surface area contributed by atoms with Crippen molar-refractivity contribution in [3.63, 3.8) is 0 Å². The zero-order valence-corrected chi connectivity index (χ0v) is 21.2. The molecule has 1 aromatic rings. The molecule has 0 aromatic heterocycles. The third kappa shape index (κ3) is 7.22. The van der Waals surface area contributed by atoms with Crippen LogP contribution in [0.15, 0.2) is 12.1 Å². The number of piperidine rings is 1. The summed E-state index contributed by atoms with van der Waals surface area (Å²) in [5.41, 5.74) is 3.00. The van der Waals surface area contributed by atoms with E-state index in [4.69, 9.17) is 4.74 Å². The van der Waals surface area contributed by atoms with Gasteiger partial charge in [0.2, 0.25) is 5.91 Å². The molecule has 1 heterocycles. The van der Waals surface area contributed by atoms with E-state index in [1.807, 2.05) is 46.8 Å². The maximum Gasteiger partial charge on any atom is 0.414 e. The molecule has 0 aliphatic carbocycles. The van der Waals surface area contributed by atoms with Crippen LogP contribution in [0.25, 0.3) is 0 Å². The van der Waals surface area contributed by atoms with Gasteiger partial charge in [-0.1, -0.05) is 26.7 Å². The van der Waals surface area contributed by atoms with Gasteiger partial charge in [0, 0.05) is 17.9 Å². The highest BCUT2D eigenvalue weighted by Crippen LogP contribution is 2.29. The van der Waals surface area contributed by atoms with E-state index in [0.29, 0.717) is 6.54 Å². The van der Waals surface area contributed by atoms with Crippen LogP contribution in [0.5, 0.6) is 0 Å². The minimum Gasteiger partial charge on any atom is -0.443 e. The number of nitrogens with zero attached hydrogens (tertiary/aromatic N) is 2. The highest BCUT2D eigenvalue weighted by atomic mass is 16.6. The predicted octanol–water partition coefficient (Wildman–Crippen LogP) is 6.05. The van der Waals surface area contributed by atoms with Gasteiger partial charge in [-0.25, -0.2) is 4.79 Å². The maximum atomic E-state index is 13.1. The van der Waals surface area contributed by atoms with E-state index in [2.05, 4.69) is 24.1 Å². The van der Waals surface area contributed by atoms with E-state index in [-0.39, 0.29) is 18.0 Å². The topological polar surface area (TPSA) is 61.9 Å². The molecule has 2 amide bonds. The summed E-state index contributed by atoms with van der Waals surface area (Å²) in [4.78, 5) is 30.0. The van der Waals surface area contributed by atoms with Crippen LogP contribution in [-0.2, 0) is 9.53 Å². The monoisotopic (exact) mass is 445 g/mol. The van der Waals surface area contributed by atoms with Gasteiger partial charge in [0.1, 0.15) is 5.60 Å². The summed E-state index contributed by atoms with van der Waals surface area (Å²) in [7, 11) is 0. The Morgan fingerprint density at radius 1 is 1.09 bits per heavy atom. The number of ether oxygens (including phenoxy) is 1. The van der Waals surface area contributed by atoms with Gasteiger partial charge >= 0.3 is 6.09 Å². The van der Waals surface area contributed by atoms with E-state index in [9.17, 15) is 9.59 Å². The van der Waals surface area contributed by atoms with Gasteiger partial charge in [-0.3, -0.25) is 14.6 Å². The zero-order valence-electron chi connectivity index (χ0n) is 21.2. The van der Waals surface area contributed by atoms with Gasteiger partial charge < -0.3 is 10.1 Å². The van der Waals surface area contributed by atoms with Gasteiger partial charge in [-0.2, -0.15) is 0 Å². The molecule has 6 heteroatoms. The first-order valence-electron chi connectivity index (χ1n) is 12.2. The SMILES string of the molecule is CCCCN(C(=O)OC(C)(C)C)c1cc(C)c(NC(=O)C(CC)N2CCCCC2)c(C)c1. The first kappa shape index (κ1) is 26.2. The first-order valence-corrected chi connectivity index (χ1v) is 12.2. The molecule has 0 spiro atoms. The molecular formula is C26H43N3O3. The molecule has 6 nitrogen and oxygen atoms in total. The second kappa shape index (κ2) is 11.7. The third-order valence-electron chi connectivity index (χ3n) is 5.95. The van der Waals surface area contributed by atoms with E-state index in [0.717, 1.165) is 67.7 Å². The fourth-order valence-electron chi connectivity index (χ4n) is 4.30. The normalized spacial score (nSPS) is 15.8. The second-order valence-electron chi connectivity index (χ2n) is 9.95. The molecule has 1 aromatic carbocycles. The van der Waals surface area contributed by atoms with Crippen LogP contribution in [-0.4, -0.2) is 48.2 Å². The molecule has 2 rings (SSSR count). The summed E-state index contributed by atoms with van der Waals surface area (Å²) >= 11 is 0. The minimum absolute atomic E-state index is 0.0586. The zero-order chi connectivity index (χ0) is 23.9. The molecule has 1 fully saturated rings. The largest absolute Gasteiger partial charge is 0.443 e. The van der Waals surface area contributed by atoms with E-state index >= 15 is 0 Å². The number of nitrogens with one attached hydrogen (secondary N) is 1. The fraction of sp³-hybridized carbons (Fsp3) is 0.692. The second-order valence-corrected chi connectivity index (χ2v) is 9.95. The number of aryl methyl sites for hydroxylation is 2. The number of unbranched alkanes of at least 4 members (excludes halogenated alkanes) is 1. The molecule has 1 aliphatic rings. The van der Waals surface area contributed by atoms with Crippen molar-refractivity contribution in [2.75, 3.05) is 29.9 Å². The lowest BCUT2D eigenvalue weighted by molar-refractivity contribution is -0.121. The van der Waals surface area contributed by atoms with Gasteiger partial charge in [0.05, 0.1) is 6.04 Å². The number of rotatable bonds is 8. The Labute approximate surface area is 194 Å². The van der Waals surface area contributed by atoms with Crippen molar-refractivity contribution >= 4 is 23.4 Å². The molecular weight excluding hydrogens is 402 g/mol. The summed E-state index contributed by atoms with van der Waals surface area (Å²) in [5.74, 6) is 0.0586. The van der Waals surface area contributed by atoms with Gasteiger partial charge in [0.25, 0.3) is 0 Å². The third-order valence-corrected chi connectivity index (χ3v) is 5.95. The van der Waals surface area contributed by atoms with E-state index in [1.54, 1.807) is 4.90 Å². The molecule has 1 aliphatic heterocycles. The number of benzene rings is 1. The van der Waals surface area contributed by atoms with Crippen LogP contribution < -0.4 is 10.2 Å². The number of carbonyl (C=O) groups is 2. The van der Waals surface area contributed by atoms with Gasteiger partial charge in [0.15, 0.2) is 0 Å². The number of amides is 2. The average molecular weight is 446 g/mol. The predicted molar refractivity (Wildman–Crippen MR) is 133 cm³/mol. The molecule has 32 heavy (non-hydrogen) atoms. The summed E-state index contributed by atoms with van der Waals surface area (Å²) in [6.45, 7) is 16.4. The van der Waals surface area contributed by atoms with Crippen molar-refractivity contribution in [3.05, 3.63) is 23.3 Å². The lowest BCUT2D eigenvalue weighted by Gasteiger charge is -2.33. The first-order chi connectivity index (χ1) is 15.1. The fourth-order valence-corrected chi connectivity index (χ4v) is 4.30. The van der Waals surface area contributed by atoms with Crippen molar-refractivity contribution in [3.8, 4) is 0 Å². The number of hydrogen-bond acceptors (Lipinski definition) is 4. The molecule has 1 unspecified atom stereocenters. The van der Waals surface area contributed by atoms with E-state index < -0.39 is 5.60 Å². The Bertz CT molecular complexity index is 756. The lowest BCUT2D eigenvalue weighted by Crippen LogP contribution is -2.46. The maximum absolute atomic E-state index is 13.1. The van der Waals surface area contributed by atoms with Gasteiger partial charge in [-0.05, 0) is 96.7 Å². The van der Waals surface area contributed by atoms with Crippen molar-refractivity contribution in [1.29, 1.82) is 0 Å². The Balaban J connectivity index is 2.24. The smallest absolute Gasteiger partial charge is 0.414 e.